The van der Waals surface area contributed by atoms with E-state index in [2.05, 4.69) is 0 Å². The summed E-state index contributed by atoms with van der Waals surface area (Å²) >= 11 is 0. The van der Waals surface area contributed by atoms with Gasteiger partial charge >= 0.3 is 0 Å². The number of nitrogens with zero attached hydrogens (tertiary/aromatic N) is 1. The molecule has 0 fully saturated rings. The van der Waals surface area contributed by atoms with Crippen molar-refractivity contribution in [2.24, 2.45) is 0 Å². The molecule has 0 aliphatic heterocycles. The van der Waals surface area contributed by atoms with E-state index in [4.69, 9.17) is 15.3 Å². The molecule has 0 heterocycles. The van der Waals surface area contributed by atoms with Crippen LogP contribution in [0.1, 0.15) is 0 Å². The molecule has 9 nitrogen and oxygen atoms in total. The van der Waals surface area contributed by atoms with Crippen molar-refractivity contribution < 1.29 is 27.1 Å². The first-order valence-corrected chi connectivity index (χ1v) is 0.565. The van der Waals surface area contributed by atoms with Crippen LogP contribution in [0.5, 0.6) is 0 Å². The van der Waals surface area contributed by atoms with Gasteiger partial charge in [-0.15, -0.1) is 10.1 Å². The SMILES string of the molecule is N.N.N.N.N.O=[N+]([O-])O.[Co]. The van der Waals surface area contributed by atoms with E-state index in [9.17, 15) is 0 Å². The van der Waals surface area contributed by atoms with E-state index in [1.54, 1.807) is 0 Å². The van der Waals surface area contributed by atoms with Crippen molar-refractivity contribution in [2.45, 2.75) is 0 Å². The van der Waals surface area contributed by atoms with E-state index in [1.165, 1.54) is 0 Å². The van der Waals surface area contributed by atoms with Crippen molar-refractivity contribution in [3.8, 4) is 0 Å². The molecule has 1 radical (unpaired) electrons. The summed E-state index contributed by atoms with van der Waals surface area (Å²) in [6, 6.07) is 0. The maximum atomic E-state index is 8.36. The van der Waals surface area contributed by atoms with Gasteiger partial charge in [0.1, 0.15) is 0 Å². The van der Waals surface area contributed by atoms with Gasteiger partial charge in [0.05, 0.1) is 0 Å². The van der Waals surface area contributed by atoms with Gasteiger partial charge < -0.3 is 36.0 Å². The largest absolute Gasteiger partial charge is 0.344 e. The normalized spacial score (nSPS) is 2.40. The Morgan fingerprint density at radius 1 is 1.00 bits per heavy atom. The first-order chi connectivity index (χ1) is 1.73. The molecule has 0 saturated heterocycles. The van der Waals surface area contributed by atoms with E-state index in [-0.39, 0.29) is 47.5 Å². The predicted octanol–water partition coefficient (Wildman–Crippen LogP) is 0.460. The molecule has 73 valence electrons. The van der Waals surface area contributed by atoms with E-state index >= 15 is 0 Å². The molecule has 0 atom stereocenters. The Morgan fingerprint density at radius 3 is 1.00 bits per heavy atom. The van der Waals surface area contributed by atoms with Gasteiger partial charge in [0, 0.05) is 16.8 Å². The van der Waals surface area contributed by atoms with Gasteiger partial charge in [-0.25, -0.2) is 0 Å². The Hall–Kier alpha value is -0.494. The van der Waals surface area contributed by atoms with E-state index in [1.807, 2.05) is 0 Å². The molecule has 10 heteroatoms. The smallest absolute Gasteiger partial charge is 0.291 e. The number of rotatable bonds is 0. The van der Waals surface area contributed by atoms with Gasteiger partial charge in [0.2, 0.25) is 0 Å². The van der Waals surface area contributed by atoms with Crippen LogP contribution >= 0.6 is 0 Å². The summed E-state index contributed by atoms with van der Waals surface area (Å²) in [6.45, 7) is 0. The van der Waals surface area contributed by atoms with Gasteiger partial charge in [-0.05, 0) is 0 Å². The molecule has 0 amide bonds. The van der Waals surface area contributed by atoms with Crippen molar-refractivity contribution in [3.63, 3.8) is 0 Å². The summed E-state index contributed by atoms with van der Waals surface area (Å²) in [4.78, 5) is 8.36. The van der Waals surface area contributed by atoms with Crippen LogP contribution in [0.25, 0.3) is 0 Å². The van der Waals surface area contributed by atoms with Gasteiger partial charge in [0.25, 0.3) is 5.09 Å². The second kappa shape index (κ2) is 76.3. The Bertz CT molecular complexity index is 36.0. The van der Waals surface area contributed by atoms with Gasteiger partial charge in [-0.2, -0.15) is 0 Å². The first kappa shape index (κ1) is 109. The monoisotopic (exact) mass is 207 g/mol. The third-order valence-corrected chi connectivity index (χ3v) is 0. The minimum absolute atomic E-state index is 0. The zero-order valence-corrected chi connectivity index (χ0v) is 6.62. The molecule has 0 aliphatic rings. The second-order valence-electron chi connectivity index (χ2n) is 0.238. The Morgan fingerprint density at radius 2 is 1.00 bits per heavy atom. The molecule has 0 saturated carbocycles. The van der Waals surface area contributed by atoms with Crippen LogP contribution in [0.3, 0.4) is 0 Å². The second-order valence-corrected chi connectivity index (χ2v) is 0.238. The fourth-order valence-corrected chi connectivity index (χ4v) is 0. The molecule has 0 aromatic carbocycles. The van der Waals surface area contributed by atoms with Crippen molar-refractivity contribution in [2.75, 3.05) is 0 Å². The average molecular weight is 207 g/mol. The van der Waals surface area contributed by atoms with Crippen molar-refractivity contribution in [1.82, 2.24) is 30.8 Å². The summed E-state index contributed by atoms with van der Waals surface area (Å²) < 4.78 is 0. The summed E-state index contributed by atoms with van der Waals surface area (Å²) in [6.07, 6.45) is 0. The van der Waals surface area contributed by atoms with E-state index in [0.717, 1.165) is 0 Å². The fraction of sp³-hybridized carbons (Fsp3) is 0. The van der Waals surface area contributed by atoms with Crippen LogP contribution in [0.15, 0.2) is 0 Å². The minimum atomic E-state index is -1.50. The van der Waals surface area contributed by atoms with Crippen LogP contribution in [0.2, 0.25) is 0 Å². The third-order valence-electron chi connectivity index (χ3n) is 0. The zero-order valence-electron chi connectivity index (χ0n) is 5.58. The topological polar surface area (TPSA) is 238 Å². The Labute approximate surface area is 68.8 Å². The molecule has 0 aromatic heterocycles. The molecule has 0 unspecified atom stereocenters. The molecule has 0 rings (SSSR count). The molecule has 0 spiro atoms. The maximum Gasteiger partial charge on any atom is 0.291 e. The van der Waals surface area contributed by atoms with Crippen LogP contribution in [-0.4, -0.2) is 10.3 Å². The van der Waals surface area contributed by atoms with Crippen LogP contribution < -0.4 is 30.8 Å². The summed E-state index contributed by atoms with van der Waals surface area (Å²) in [5, 5.41) is 13.6. The number of hydrogen-bond donors (Lipinski definition) is 6. The minimum Gasteiger partial charge on any atom is -0.344 e. The van der Waals surface area contributed by atoms with Gasteiger partial charge in [-0.3, -0.25) is 0 Å². The molecule has 0 aliphatic carbocycles. The number of hydrogen-bond acceptors (Lipinski definition) is 7. The maximum absolute atomic E-state index is 8.36. The molecule has 16 N–H and O–H groups in total. The van der Waals surface area contributed by atoms with Crippen molar-refractivity contribution in [1.29, 1.82) is 0 Å². The zero-order chi connectivity index (χ0) is 3.58. The van der Waals surface area contributed by atoms with Crippen molar-refractivity contribution in [3.05, 3.63) is 10.1 Å². The first-order valence-electron chi connectivity index (χ1n) is 0.565. The molecule has 0 bridgehead atoms. The standard InChI is InChI=1S/Co.HNO3.5H3N/c;2-1(3)4;;;;;/h;(H,2,3,4);5*1H3. The van der Waals surface area contributed by atoms with Gasteiger partial charge in [-0.1, -0.05) is 0 Å². The quantitative estimate of drug-likeness (QED) is 0.240. The summed E-state index contributed by atoms with van der Waals surface area (Å²) in [7, 11) is 0. The summed E-state index contributed by atoms with van der Waals surface area (Å²) in [5.74, 6) is 0. The van der Waals surface area contributed by atoms with Crippen molar-refractivity contribution >= 4 is 0 Å². The average Bonchev–Trinajstić information content (AvgIpc) is 0.811. The molecular weight excluding hydrogens is 191 g/mol. The Kier molecular flexibility index (Phi) is 835. The third kappa shape index (κ3) is 1300. The van der Waals surface area contributed by atoms with E-state index < -0.39 is 5.09 Å². The predicted molar refractivity (Wildman–Crippen MR) is 33.9 cm³/mol. The molecule has 10 heavy (non-hydrogen) atoms. The van der Waals surface area contributed by atoms with Crippen LogP contribution in [0, 0.1) is 10.1 Å². The van der Waals surface area contributed by atoms with Crippen LogP contribution in [-0.2, 0) is 16.8 Å². The fourth-order valence-electron chi connectivity index (χ4n) is 0. The van der Waals surface area contributed by atoms with E-state index in [0.29, 0.717) is 0 Å². The molecule has 0 aromatic rings. The summed E-state index contributed by atoms with van der Waals surface area (Å²) in [5.41, 5.74) is 0. The van der Waals surface area contributed by atoms with Crippen LogP contribution in [0.4, 0.5) is 0 Å². The molecular formula is H16CoN6O3. The Balaban J connectivity index is -0.00000000300. The van der Waals surface area contributed by atoms with Gasteiger partial charge in [0.15, 0.2) is 0 Å².